The molecule has 0 bridgehead atoms. The molecule has 1 atom stereocenters. The second-order valence-electron chi connectivity index (χ2n) is 1.85. The van der Waals surface area contributed by atoms with E-state index in [4.69, 9.17) is 16.2 Å². The average Bonchev–Trinajstić information content (AvgIpc) is 1.85. The molecule has 0 aliphatic carbocycles. The maximum Gasteiger partial charge on any atom is 0.186 e. The number of rotatable bonds is 1. The molecule has 0 fully saturated rings. The summed E-state index contributed by atoms with van der Waals surface area (Å²) in [5.74, 6) is -0.616. The van der Waals surface area contributed by atoms with E-state index in [0.29, 0.717) is 0 Å². The summed E-state index contributed by atoms with van der Waals surface area (Å²) in [7, 11) is 0. The van der Waals surface area contributed by atoms with E-state index < -0.39 is 16.9 Å². The Labute approximate surface area is 70.3 Å². The highest BCUT2D eigenvalue weighted by Crippen LogP contribution is 2.15. The molecule has 60 valence electrons. The summed E-state index contributed by atoms with van der Waals surface area (Å²) in [5.41, 5.74) is 0. The molecule has 1 aromatic carbocycles. The molecule has 0 amide bonds. The van der Waals surface area contributed by atoms with Crippen molar-refractivity contribution in [3.8, 4) is 0 Å². The Balaban J connectivity index is 3.19. The molecule has 0 heterocycles. The Morgan fingerprint density at radius 3 is 2.55 bits per heavy atom. The molecule has 11 heavy (non-hydrogen) atoms. The van der Waals surface area contributed by atoms with E-state index >= 15 is 0 Å². The molecule has 0 spiro atoms. The smallest absolute Gasteiger partial charge is 0.186 e. The van der Waals surface area contributed by atoms with Gasteiger partial charge < -0.3 is 4.55 Å². The molecule has 0 aliphatic heterocycles. The van der Waals surface area contributed by atoms with Gasteiger partial charge in [-0.2, -0.15) is 0 Å². The van der Waals surface area contributed by atoms with Gasteiger partial charge >= 0.3 is 0 Å². The van der Waals surface area contributed by atoms with Gasteiger partial charge in [0.15, 0.2) is 11.1 Å². The first-order valence-electron chi connectivity index (χ1n) is 2.66. The van der Waals surface area contributed by atoms with E-state index in [1.165, 1.54) is 6.07 Å². The quantitative estimate of drug-likeness (QED) is 0.695. The predicted octanol–water partition coefficient (Wildman–Crippen LogP) is 2.06. The summed E-state index contributed by atoms with van der Waals surface area (Å²) >= 11 is 3.23. The van der Waals surface area contributed by atoms with Crippen molar-refractivity contribution in [2.24, 2.45) is 0 Å². The maximum atomic E-state index is 12.5. The zero-order valence-corrected chi connectivity index (χ0v) is 6.82. The van der Waals surface area contributed by atoms with Gasteiger partial charge in [-0.1, -0.05) is 11.6 Å². The molecule has 1 N–H and O–H groups in total. The summed E-state index contributed by atoms with van der Waals surface area (Å²) in [4.78, 5) is -0.0324. The molecule has 0 aromatic heterocycles. The van der Waals surface area contributed by atoms with Crippen molar-refractivity contribution in [3.63, 3.8) is 0 Å². The lowest BCUT2D eigenvalue weighted by atomic mass is 10.3. The van der Waals surface area contributed by atoms with Gasteiger partial charge in [-0.05, 0) is 18.2 Å². The zero-order chi connectivity index (χ0) is 8.43. The van der Waals surface area contributed by atoms with Crippen molar-refractivity contribution in [2.75, 3.05) is 0 Å². The highest BCUT2D eigenvalue weighted by Gasteiger charge is 2.02. The standard InChI is InChI=1S/C6H4ClFO2S/c7-4-1-5(8)3-6(2-4)11(9)10/h1-3H,(H,9,10). The highest BCUT2D eigenvalue weighted by atomic mass is 35.5. The Kier molecular flexibility index (Phi) is 2.59. The third-order valence-electron chi connectivity index (χ3n) is 1.04. The largest absolute Gasteiger partial charge is 0.302 e. The van der Waals surface area contributed by atoms with Crippen LogP contribution in [0.2, 0.25) is 5.02 Å². The van der Waals surface area contributed by atoms with Crippen LogP contribution in [0.4, 0.5) is 4.39 Å². The van der Waals surface area contributed by atoms with Gasteiger partial charge in [-0.15, -0.1) is 0 Å². The van der Waals surface area contributed by atoms with E-state index in [2.05, 4.69) is 0 Å². The lowest BCUT2D eigenvalue weighted by Gasteiger charge is -1.95. The molecule has 0 radical (unpaired) electrons. The minimum Gasteiger partial charge on any atom is -0.302 e. The second kappa shape index (κ2) is 3.30. The Bertz CT molecular complexity index is 282. The van der Waals surface area contributed by atoms with Gasteiger partial charge in [-0.3, -0.25) is 0 Å². The fourth-order valence-corrected chi connectivity index (χ4v) is 1.36. The van der Waals surface area contributed by atoms with E-state index in [0.717, 1.165) is 12.1 Å². The van der Waals surface area contributed by atoms with Crippen LogP contribution in [0.5, 0.6) is 0 Å². The van der Waals surface area contributed by atoms with Gasteiger partial charge in [-0.25, -0.2) is 8.60 Å². The van der Waals surface area contributed by atoms with Crippen molar-refractivity contribution in [3.05, 3.63) is 29.0 Å². The first kappa shape index (κ1) is 8.64. The molecule has 0 saturated carbocycles. The van der Waals surface area contributed by atoms with Gasteiger partial charge in [0.05, 0.1) is 4.90 Å². The summed E-state index contributed by atoms with van der Waals surface area (Å²) < 4.78 is 31.4. The van der Waals surface area contributed by atoms with E-state index in [9.17, 15) is 8.60 Å². The molecule has 0 aliphatic rings. The number of benzene rings is 1. The van der Waals surface area contributed by atoms with Crippen molar-refractivity contribution in [1.82, 2.24) is 0 Å². The summed E-state index contributed by atoms with van der Waals surface area (Å²) in [6, 6.07) is 3.26. The van der Waals surface area contributed by atoms with Crippen LogP contribution in [0.15, 0.2) is 23.1 Å². The minimum atomic E-state index is -2.17. The molecule has 1 unspecified atom stereocenters. The van der Waals surface area contributed by atoms with Crippen LogP contribution < -0.4 is 0 Å². The molecular weight excluding hydrogens is 191 g/mol. The molecule has 2 nitrogen and oxygen atoms in total. The minimum absolute atomic E-state index is 0.0324. The molecule has 5 heteroatoms. The van der Waals surface area contributed by atoms with Gasteiger partial charge in [0, 0.05) is 5.02 Å². The molecule has 1 rings (SSSR count). The van der Waals surface area contributed by atoms with Crippen molar-refractivity contribution >= 4 is 22.7 Å². The monoisotopic (exact) mass is 194 g/mol. The number of halogens is 2. The second-order valence-corrected chi connectivity index (χ2v) is 3.26. The third kappa shape index (κ3) is 2.25. The fourth-order valence-electron chi connectivity index (χ4n) is 0.629. The Morgan fingerprint density at radius 1 is 1.45 bits per heavy atom. The summed E-state index contributed by atoms with van der Waals surface area (Å²) in [6.45, 7) is 0. The number of hydrogen-bond acceptors (Lipinski definition) is 1. The first-order chi connectivity index (χ1) is 5.09. The van der Waals surface area contributed by atoms with Crippen molar-refractivity contribution in [1.29, 1.82) is 0 Å². The maximum absolute atomic E-state index is 12.5. The number of hydrogen-bond donors (Lipinski definition) is 1. The van der Waals surface area contributed by atoms with E-state index in [1.807, 2.05) is 0 Å². The summed E-state index contributed by atoms with van der Waals surface area (Å²) in [5, 5.41) is 0.113. The summed E-state index contributed by atoms with van der Waals surface area (Å²) in [6.07, 6.45) is 0. The van der Waals surface area contributed by atoms with Crippen LogP contribution in [0.3, 0.4) is 0 Å². The van der Waals surface area contributed by atoms with E-state index in [-0.39, 0.29) is 9.92 Å². The van der Waals surface area contributed by atoms with Gasteiger partial charge in [0.1, 0.15) is 5.82 Å². The highest BCUT2D eigenvalue weighted by molar-refractivity contribution is 7.79. The Morgan fingerprint density at radius 2 is 2.09 bits per heavy atom. The van der Waals surface area contributed by atoms with Crippen molar-refractivity contribution in [2.45, 2.75) is 4.90 Å². The van der Waals surface area contributed by atoms with Gasteiger partial charge in [0.25, 0.3) is 0 Å². The molecular formula is C6H4ClFO2S. The van der Waals surface area contributed by atoms with Crippen LogP contribution in [-0.2, 0) is 11.1 Å². The van der Waals surface area contributed by atoms with Crippen LogP contribution in [0.1, 0.15) is 0 Å². The van der Waals surface area contributed by atoms with Crippen molar-refractivity contribution < 1.29 is 13.2 Å². The average molecular weight is 195 g/mol. The van der Waals surface area contributed by atoms with Crippen LogP contribution in [-0.4, -0.2) is 8.76 Å². The lowest BCUT2D eigenvalue weighted by Crippen LogP contribution is -1.88. The van der Waals surface area contributed by atoms with Crippen LogP contribution >= 0.6 is 11.6 Å². The molecule has 0 saturated heterocycles. The lowest BCUT2D eigenvalue weighted by molar-refractivity contribution is 0.561. The predicted molar refractivity (Wildman–Crippen MR) is 40.4 cm³/mol. The Hall–Kier alpha value is -0.450. The van der Waals surface area contributed by atoms with Crippen LogP contribution in [0, 0.1) is 5.82 Å². The normalized spacial score (nSPS) is 13.0. The molecule has 1 aromatic rings. The third-order valence-corrected chi connectivity index (χ3v) is 1.89. The first-order valence-corrected chi connectivity index (χ1v) is 4.15. The SMILES string of the molecule is O=S(O)c1cc(F)cc(Cl)c1. The van der Waals surface area contributed by atoms with E-state index in [1.54, 1.807) is 0 Å². The zero-order valence-electron chi connectivity index (χ0n) is 5.25. The van der Waals surface area contributed by atoms with Gasteiger partial charge in [0.2, 0.25) is 0 Å². The topological polar surface area (TPSA) is 37.3 Å². The fraction of sp³-hybridized carbons (Fsp3) is 0. The van der Waals surface area contributed by atoms with Crippen LogP contribution in [0.25, 0.3) is 0 Å².